The molecule has 0 spiro atoms. The Labute approximate surface area is 118 Å². The molecular weight excluding hydrogens is 254 g/mol. The van der Waals surface area contributed by atoms with Crippen LogP contribution in [0.3, 0.4) is 0 Å². The molecule has 98 valence electrons. The summed E-state index contributed by atoms with van der Waals surface area (Å²) in [6.45, 7) is 0. The van der Waals surface area contributed by atoms with E-state index in [1.54, 1.807) is 0 Å². The number of thioether (sulfide) groups is 1. The molecule has 0 saturated heterocycles. The fourth-order valence-electron chi connectivity index (χ4n) is 2.24. The lowest BCUT2D eigenvalue weighted by Gasteiger charge is -2.24. The molecule has 0 amide bonds. The molecule has 4 heteroatoms. The van der Waals surface area contributed by atoms with Gasteiger partial charge in [0.2, 0.25) is 0 Å². The first kappa shape index (κ1) is 12.4. The van der Waals surface area contributed by atoms with E-state index < -0.39 is 0 Å². The number of allylic oxidation sites excluding steroid dienone is 3. The van der Waals surface area contributed by atoms with E-state index in [0.717, 1.165) is 12.1 Å². The summed E-state index contributed by atoms with van der Waals surface area (Å²) in [6.07, 6.45) is 5.37. The van der Waals surface area contributed by atoms with Gasteiger partial charge in [-0.15, -0.1) is 0 Å². The molecular formula is C15H18N3S+. The topological polar surface area (TPSA) is 27.1 Å². The predicted molar refractivity (Wildman–Crippen MR) is 83.4 cm³/mol. The van der Waals surface area contributed by atoms with Gasteiger partial charge in [-0.1, -0.05) is 11.8 Å². The largest absolute Gasteiger partial charge is 0.388 e. The van der Waals surface area contributed by atoms with Crippen LogP contribution in [0.4, 0.5) is 11.4 Å². The second kappa shape index (κ2) is 4.78. The molecule has 0 unspecified atom stereocenters. The van der Waals surface area contributed by atoms with E-state index in [1.807, 2.05) is 18.8 Å². The minimum atomic E-state index is 1.000. The van der Waals surface area contributed by atoms with Crippen molar-refractivity contribution in [3.63, 3.8) is 0 Å². The zero-order valence-corrected chi connectivity index (χ0v) is 12.3. The van der Waals surface area contributed by atoms with Gasteiger partial charge in [0.25, 0.3) is 0 Å². The fourth-order valence-corrected chi connectivity index (χ4v) is 3.37. The summed E-state index contributed by atoms with van der Waals surface area (Å²) in [5.41, 5.74) is 4.93. The molecule has 1 heterocycles. The van der Waals surface area contributed by atoms with E-state index in [9.17, 15) is 0 Å². The Bertz CT molecular complexity index is 622. The minimum Gasteiger partial charge on any atom is -0.388 e. The van der Waals surface area contributed by atoms with E-state index in [2.05, 4.69) is 59.7 Å². The molecule has 1 aromatic carbocycles. The van der Waals surface area contributed by atoms with Gasteiger partial charge in [-0.05, 0) is 24.3 Å². The molecule has 3 rings (SSSR count). The zero-order chi connectivity index (χ0) is 13.4. The molecule has 0 saturated carbocycles. The van der Waals surface area contributed by atoms with Gasteiger partial charge >= 0.3 is 0 Å². The molecule has 19 heavy (non-hydrogen) atoms. The first-order valence-electron chi connectivity index (χ1n) is 6.38. The van der Waals surface area contributed by atoms with Gasteiger partial charge in [0.1, 0.15) is 14.1 Å². The lowest BCUT2D eigenvalue weighted by molar-refractivity contribution is -0.464. The summed E-state index contributed by atoms with van der Waals surface area (Å²) in [6, 6.07) is 6.43. The Morgan fingerprint density at radius 1 is 1.26 bits per heavy atom. The minimum absolute atomic E-state index is 1.000. The smallest absolute Gasteiger partial charge is 0.180 e. The molecule has 1 aromatic rings. The summed E-state index contributed by atoms with van der Waals surface area (Å²) < 4.78 is 2.18. The van der Waals surface area contributed by atoms with Crippen LogP contribution in [-0.4, -0.2) is 31.4 Å². The van der Waals surface area contributed by atoms with Gasteiger partial charge in [0, 0.05) is 34.3 Å². The molecule has 0 fully saturated rings. The Morgan fingerprint density at radius 2 is 2.11 bits per heavy atom. The average Bonchev–Trinajstić information content (AvgIpc) is 2.43. The van der Waals surface area contributed by atoms with Gasteiger partial charge in [-0.25, -0.2) is 4.58 Å². The highest BCUT2D eigenvalue weighted by Crippen LogP contribution is 2.43. The number of rotatable bonds is 1. The Balaban J connectivity index is 1.94. The molecule has 3 nitrogen and oxygen atoms in total. The maximum absolute atomic E-state index is 3.52. The predicted octanol–water partition coefficient (Wildman–Crippen LogP) is 3.13. The van der Waals surface area contributed by atoms with Crippen molar-refractivity contribution >= 4 is 28.8 Å². The van der Waals surface area contributed by atoms with Gasteiger partial charge in [-0.3, -0.25) is 0 Å². The van der Waals surface area contributed by atoms with E-state index in [0.29, 0.717) is 0 Å². The van der Waals surface area contributed by atoms with Crippen molar-refractivity contribution in [1.29, 1.82) is 0 Å². The van der Waals surface area contributed by atoms with Crippen molar-refractivity contribution in [2.45, 2.75) is 11.3 Å². The Morgan fingerprint density at radius 3 is 2.84 bits per heavy atom. The highest BCUT2D eigenvalue weighted by molar-refractivity contribution is 8.03. The van der Waals surface area contributed by atoms with Gasteiger partial charge < -0.3 is 10.6 Å². The van der Waals surface area contributed by atoms with Gasteiger partial charge in [0.05, 0.1) is 12.1 Å². The average molecular weight is 272 g/mol. The SMILES string of the molecule is CNc1ccc2c(c1)SC1=C(C=CC(=[N+](C)C)C1)N2. The summed E-state index contributed by atoms with van der Waals surface area (Å²) in [7, 11) is 6.15. The fraction of sp³-hybridized carbons (Fsp3) is 0.267. The summed E-state index contributed by atoms with van der Waals surface area (Å²) in [5.74, 6) is 0. The second-order valence-corrected chi connectivity index (χ2v) is 6.06. The lowest BCUT2D eigenvalue weighted by Crippen LogP contribution is -2.18. The summed E-state index contributed by atoms with van der Waals surface area (Å²) >= 11 is 1.87. The number of fused-ring (bicyclic) bond motifs is 1. The quantitative estimate of drug-likeness (QED) is 0.769. The third-order valence-electron chi connectivity index (χ3n) is 3.43. The van der Waals surface area contributed by atoms with E-state index >= 15 is 0 Å². The van der Waals surface area contributed by atoms with Crippen LogP contribution in [0, 0.1) is 0 Å². The maximum Gasteiger partial charge on any atom is 0.180 e. The summed E-state index contributed by atoms with van der Waals surface area (Å²) in [5, 5.41) is 6.71. The standard InChI is InChI=1S/C15H18N3S/c1-16-10-4-6-12-14(8-10)19-15-9-11(18(2)3)5-7-13(15)17-12/h4-8,16-17H,9H2,1-3H3/q+1. The van der Waals surface area contributed by atoms with Crippen molar-refractivity contribution < 1.29 is 4.58 Å². The first-order valence-corrected chi connectivity index (χ1v) is 7.20. The van der Waals surface area contributed by atoms with Crippen molar-refractivity contribution in [2.24, 2.45) is 0 Å². The zero-order valence-electron chi connectivity index (χ0n) is 11.4. The van der Waals surface area contributed by atoms with Crippen molar-refractivity contribution in [2.75, 3.05) is 31.8 Å². The van der Waals surface area contributed by atoms with Crippen molar-refractivity contribution in [1.82, 2.24) is 0 Å². The Kier molecular flexibility index (Phi) is 3.11. The van der Waals surface area contributed by atoms with Crippen LogP contribution in [0.1, 0.15) is 6.42 Å². The third kappa shape index (κ3) is 2.28. The normalized spacial score (nSPS) is 16.7. The molecule has 1 aliphatic heterocycles. The molecule has 2 aliphatic rings. The van der Waals surface area contributed by atoms with Crippen molar-refractivity contribution in [3.8, 4) is 0 Å². The second-order valence-electron chi connectivity index (χ2n) is 4.92. The number of hydrogen-bond acceptors (Lipinski definition) is 3. The molecule has 1 aliphatic carbocycles. The monoisotopic (exact) mass is 272 g/mol. The van der Waals surface area contributed by atoms with Crippen LogP contribution in [0.2, 0.25) is 0 Å². The lowest BCUT2D eigenvalue weighted by atomic mass is 10.1. The van der Waals surface area contributed by atoms with E-state index in [4.69, 9.17) is 0 Å². The summed E-state index contributed by atoms with van der Waals surface area (Å²) in [4.78, 5) is 2.69. The number of hydrogen-bond donors (Lipinski definition) is 2. The third-order valence-corrected chi connectivity index (χ3v) is 4.60. The van der Waals surface area contributed by atoms with Crippen LogP contribution >= 0.6 is 11.8 Å². The van der Waals surface area contributed by atoms with Crippen LogP contribution in [0.15, 0.2) is 45.8 Å². The highest BCUT2D eigenvalue weighted by atomic mass is 32.2. The maximum atomic E-state index is 3.52. The van der Waals surface area contributed by atoms with Gasteiger partial charge in [-0.2, -0.15) is 0 Å². The molecule has 0 radical (unpaired) electrons. The molecule has 0 atom stereocenters. The number of benzene rings is 1. The highest BCUT2D eigenvalue weighted by Gasteiger charge is 2.23. The first-order chi connectivity index (χ1) is 9.17. The van der Waals surface area contributed by atoms with Crippen molar-refractivity contribution in [3.05, 3.63) is 41.0 Å². The Hall–Kier alpha value is -1.68. The number of nitrogens with zero attached hydrogens (tertiary/aromatic N) is 1. The molecule has 0 bridgehead atoms. The van der Waals surface area contributed by atoms with E-state index in [1.165, 1.54) is 26.9 Å². The van der Waals surface area contributed by atoms with Gasteiger partial charge in [0.15, 0.2) is 5.71 Å². The van der Waals surface area contributed by atoms with E-state index in [-0.39, 0.29) is 0 Å². The van der Waals surface area contributed by atoms with Crippen LogP contribution in [0.25, 0.3) is 0 Å². The number of nitrogens with one attached hydrogen (secondary N) is 2. The van der Waals surface area contributed by atoms with Crippen LogP contribution in [-0.2, 0) is 0 Å². The van der Waals surface area contributed by atoms with Crippen LogP contribution in [0.5, 0.6) is 0 Å². The van der Waals surface area contributed by atoms with Crippen LogP contribution < -0.4 is 10.6 Å². The molecule has 0 aromatic heterocycles. The molecule has 2 N–H and O–H groups in total. The number of anilines is 2.